The van der Waals surface area contributed by atoms with Gasteiger partial charge in [0.1, 0.15) is 5.25 Å². The van der Waals surface area contributed by atoms with Crippen molar-refractivity contribution in [2.75, 3.05) is 6.54 Å². The van der Waals surface area contributed by atoms with Crippen LogP contribution in [0.3, 0.4) is 0 Å². The lowest BCUT2D eigenvalue weighted by molar-refractivity contribution is -0.120. The van der Waals surface area contributed by atoms with E-state index in [9.17, 15) is 18.0 Å². The Kier molecular flexibility index (Phi) is 4.88. The van der Waals surface area contributed by atoms with E-state index >= 15 is 0 Å². The van der Waals surface area contributed by atoms with Gasteiger partial charge in [0.05, 0.1) is 10.5 Å². The minimum Gasteiger partial charge on any atom is -0.478 e. The number of hydrogen-bond acceptors (Lipinski definition) is 4. The van der Waals surface area contributed by atoms with Crippen molar-refractivity contribution < 1.29 is 23.1 Å². The second-order valence-electron chi connectivity index (χ2n) is 4.36. The summed E-state index contributed by atoms with van der Waals surface area (Å²) in [5.41, 5.74) is 0.372. The fraction of sp³-hybridized carbons (Fsp3) is 0.385. The van der Waals surface area contributed by atoms with E-state index in [0.29, 0.717) is 12.1 Å². The van der Waals surface area contributed by atoms with E-state index in [4.69, 9.17) is 5.11 Å². The lowest BCUT2D eigenvalue weighted by Crippen LogP contribution is -2.37. The lowest BCUT2D eigenvalue weighted by atomic mass is 10.1. The molecule has 1 unspecified atom stereocenters. The SMILES string of the molecule is CCNC(=O)C(C)S(=O)(=O)c1ccc(C)c(C(=O)O)c1. The zero-order chi connectivity index (χ0) is 15.5. The summed E-state index contributed by atoms with van der Waals surface area (Å²) in [5.74, 6) is -1.81. The first-order valence-corrected chi connectivity index (χ1v) is 7.62. The molecule has 0 fully saturated rings. The molecule has 0 spiro atoms. The molecule has 0 saturated carbocycles. The van der Waals surface area contributed by atoms with Gasteiger partial charge in [0.2, 0.25) is 5.91 Å². The van der Waals surface area contributed by atoms with Crippen LogP contribution >= 0.6 is 0 Å². The number of hydrogen-bond donors (Lipinski definition) is 2. The van der Waals surface area contributed by atoms with E-state index in [0.717, 1.165) is 6.07 Å². The molecule has 110 valence electrons. The third-order valence-electron chi connectivity index (χ3n) is 2.95. The van der Waals surface area contributed by atoms with Gasteiger partial charge in [-0.1, -0.05) is 6.07 Å². The van der Waals surface area contributed by atoms with Crippen LogP contribution in [-0.2, 0) is 14.6 Å². The van der Waals surface area contributed by atoms with E-state index in [1.165, 1.54) is 19.1 Å². The summed E-state index contributed by atoms with van der Waals surface area (Å²) < 4.78 is 24.6. The molecule has 0 heterocycles. The highest BCUT2D eigenvalue weighted by molar-refractivity contribution is 7.92. The predicted molar refractivity (Wildman–Crippen MR) is 73.5 cm³/mol. The van der Waals surface area contributed by atoms with Crippen molar-refractivity contribution >= 4 is 21.7 Å². The number of amides is 1. The van der Waals surface area contributed by atoms with Gasteiger partial charge in [-0.15, -0.1) is 0 Å². The van der Waals surface area contributed by atoms with E-state index in [1.807, 2.05) is 0 Å². The first-order chi connectivity index (χ1) is 9.21. The largest absolute Gasteiger partial charge is 0.478 e. The number of carboxylic acid groups (broad SMARTS) is 1. The zero-order valence-corrected chi connectivity index (χ0v) is 12.3. The van der Waals surface area contributed by atoms with Crippen LogP contribution in [0.2, 0.25) is 0 Å². The molecule has 0 aliphatic heterocycles. The highest BCUT2D eigenvalue weighted by atomic mass is 32.2. The number of carbonyl (C=O) groups is 2. The van der Waals surface area contributed by atoms with Crippen molar-refractivity contribution in [1.82, 2.24) is 5.32 Å². The summed E-state index contributed by atoms with van der Waals surface area (Å²) in [7, 11) is -3.91. The molecule has 2 N–H and O–H groups in total. The molecule has 1 rings (SSSR count). The Morgan fingerprint density at radius 3 is 2.45 bits per heavy atom. The highest BCUT2D eigenvalue weighted by Crippen LogP contribution is 2.20. The van der Waals surface area contributed by atoms with E-state index in [1.54, 1.807) is 13.8 Å². The van der Waals surface area contributed by atoms with Crippen molar-refractivity contribution in [3.63, 3.8) is 0 Å². The van der Waals surface area contributed by atoms with Crippen LogP contribution in [-0.4, -0.2) is 37.2 Å². The molecule has 1 amide bonds. The average molecular weight is 299 g/mol. The van der Waals surface area contributed by atoms with Crippen LogP contribution in [0.4, 0.5) is 0 Å². The zero-order valence-electron chi connectivity index (χ0n) is 11.5. The number of carbonyl (C=O) groups excluding carboxylic acids is 1. The fourth-order valence-electron chi connectivity index (χ4n) is 1.67. The van der Waals surface area contributed by atoms with Crippen molar-refractivity contribution in [1.29, 1.82) is 0 Å². The number of carboxylic acids is 1. The molecular weight excluding hydrogens is 282 g/mol. The molecule has 20 heavy (non-hydrogen) atoms. The quantitative estimate of drug-likeness (QED) is 0.844. The standard InChI is InChI=1S/C13H17NO5S/c1-4-14-12(15)9(3)20(18,19)10-6-5-8(2)11(7-10)13(16)17/h5-7,9H,4H2,1-3H3,(H,14,15)(H,16,17). The molecule has 7 heteroatoms. The van der Waals surface area contributed by atoms with Gasteiger partial charge in [-0.25, -0.2) is 13.2 Å². The summed E-state index contributed by atoms with van der Waals surface area (Å²) in [6, 6.07) is 3.82. The third-order valence-corrected chi connectivity index (χ3v) is 5.01. The summed E-state index contributed by atoms with van der Waals surface area (Å²) >= 11 is 0. The van der Waals surface area contributed by atoms with Gasteiger partial charge < -0.3 is 10.4 Å². The van der Waals surface area contributed by atoms with Crippen LogP contribution in [0.15, 0.2) is 23.1 Å². The molecule has 0 aliphatic rings. The molecule has 6 nitrogen and oxygen atoms in total. The van der Waals surface area contributed by atoms with Gasteiger partial charge in [0.15, 0.2) is 9.84 Å². The molecule has 1 aromatic carbocycles. The van der Waals surface area contributed by atoms with Gasteiger partial charge in [-0.05, 0) is 38.5 Å². The molecular formula is C13H17NO5S. The molecule has 1 aromatic rings. The van der Waals surface area contributed by atoms with Crippen molar-refractivity contribution in [2.45, 2.75) is 30.9 Å². The Hall–Kier alpha value is -1.89. The normalized spacial score (nSPS) is 12.8. The van der Waals surface area contributed by atoms with Gasteiger partial charge in [-0.3, -0.25) is 4.79 Å². The highest BCUT2D eigenvalue weighted by Gasteiger charge is 2.30. The Morgan fingerprint density at radius 1 is 1.35 bits per heavy atom. The second kappa shape index (κ2) is 6.04. The van der Waals surface area contributed by atoms with Crippen molar-refractivity contribution in [3.8, 4) is 0 Å². The minimum atomic E-state index is -3.91. The van der Waals surface area contributed by atoms with Gasteiger partial charge in [0, 0.05) is 6.54 Å². The maximum atomic E-state index is 12.3. The minimum absolute atomic E-state index is 0.0887. The Labute approximate surface area is 117 Å². The van der Waals surface area contributed by atoms with Crippen LogP contribution in [0.5, 0.6) is 0 Å². The smallest absolute Gasteiger partial charge is 0.335 e. The number of rotatable bonds is 5. The van der Waals surface area contributed by atoms with Crippen molar-refractivity contribution in [3.05, 3.63) is 29.3 Å². The third kappa shape index (κ3) is 3.16. The number of aryl methyl sites for hydroxylation is 1. The monoisotopic (exact) mass is 299 g/mol. The van der Waals surface area contributed by atoms with Crippen LogP contribution < -0.4 is 5.32 Å². The molecule has 1 atom stereocenters. The Bertz CT molecular complexity index is 636. The summed E-state index contributed by atoms with van der Waals surface area (Å²) in [6.45, 7) is 4.87. The van der Waals surface area contributed by atoms with E-state index in [-0.39, 0.29) is 10.5 Å². The van der Waals surface area contributed by atoms with Crippen LogP contribution in [0.1, 0.15) is 29.8 Å². The average Bonchev–Trinajstić information content (AvgIpc) is 2.37. The molecule has 0 saturated heterocycles. The van der Waals surface area contributed by atoms with Gasteiger partial charge in [-0.2, -0.15) is 0 Å². The first-order valence-electron chi connectivity index (χ1n) is 6.07. The van der Waals surface area contributed by atoms with Crippen molar-refractivity contribution in [2.24, 2.45) is 0 Å². The lowest BCUT2D eigenvalue weighted by Gasteiger charge is -2.13. The Balaban J connectivity index is 3.26. The number of sulfone groups is 1. The van der Waals surface area contributed by atoms with Crippen LogP contribution in [0.25, 0.3) is 0 Å². The van der Waals surface area contributed by atoms with E-state index in [2.05, 4.69) is 5.32 Å². The molecule has 0 radical (unpaired) electrons. The van der Waals surface area contributed by atoms with E-state index < -0.39 is 27.0 Å². The Morgan fingerprint density at radius 2 is 1.95 bits per heavy atom. The molecule has 0 aromatic heterocycles. The fourth-order valence-corrected chi connectivity index (χ4v) is 2.98. The number of nitrogens with one attached hydrogen (secondary N) is 1. The molecule has 0 aliphatic carbocycles. The topological polar surface area (TPSA) is 101 Å². The number of benzene rings is 1. The predicted octanol–water partition coefficient (Wildman–Crippen LogP) is 0.992. The molecule has 0 bridgehead atoms. The summed E-state index contributed by atoms with van der Waals surface area (Å²) in [5, 5.41) is 10.2. The van der Waals surface area contributed by atoms with Crippen LogP contribution in [0, 0.1) is 6.92 Å². The maximum Gasteiger partial charge on any atom is 0.335 e. The first kappa shape index (κ1) is 16.2. The maximum absolute atomic E-state index is 12.3. The van der Waals surface area contributed by atoms with Gasteiger partial charge >= 0.3 is 5.97 Å². The number of aromatic carboxylic acids is 1. The summed E-state index contributed by atoms with van der Waals surface area (Å²) in [4.78, 5) is 22.5. The summed E-state index contributed by atoms with van der Waals surface area (Å²) in [6.07, 6.45) is 0. The second-order valence-corrected chi connectivity index (χ2v) is 6.63. The van der Waals surface area contributed by atoms with Gasteiger partial charge in [0.25, 0.3) is 0 Å².